The molecule has 0 spiro atoms. The molecule has 0 bridgehead atoms. The summed E-state index contributed by atoms with van der Waals surface area (Å²) in [5.74, 6) is 0. The van der Waals surface area contributed by atoms with Crippen LogP contribution in [0.25, 0.3) is 0 Å². The van der Waals surface area contributed by atoms with E-state index < -0.39 is 11.7 Å². The van der Waals surface area contributed by atoms with E-state index in [0.29, 0.717) is 6.54 Å². The molecule has 0 atom stereocenters. The van der Waals surface area contributed by atoms with Gasteiger partial charge in [-0.05, 0) is 56.7 Å². The molecule has 0 saturated carbocycles. The summed E-state index contributed by atoms with van der Waals surface area (Å²) in [7, 11) is 2.08. The Labute approximate surface area is 135 Å². The van der Waals surface area contributed by atoms with E-state index in [1.54, 1.807) is 6.07 Å². The number of likely N-dealkylation sites (tertiary alicyclic amines) is 1. The van der Waals surface area contributed by atoms with Gasteiger partial charge in [0, 0.05) is 38.4 Å². The van der Waals surface area contributed by atoms with Crippen LogP contribution in [0, 0.1) is 0 Å². The first-order valence-corrected chi connectivity index (χ1v) is 8.29. The number of rotatable bonds is 3. The van der Waals surface area contributed by atoms with Crippen LogP contribution in [0.4, 0.5) is 18.9 Å². The molecular formula is C17H24F3N3. The first-order valence-electron chi connectivity index (χ1n) is 8.29. The molecule has 2 fully saturated rings. The minimum Gasteiger partial charge on any atom is -0.369 e. The molecule has 23 heavy (non-hydrogen) atoms. The molecular weight excluding hydrogens is 303 g/mol. The van der Waals surface area contributed by atoms with Crippen molar-refractivity contribution < 1.29 is 13.2 Å². The summed E-state index contributed by atoms with van der Waals surface area (Å²) >= 11 is 0. The van der Waals surface area contributed by atoms with E-state index in [-0.39, 0.29) is 0 Å². The Hall–Kier alpha value is -1.27. The van der Waals surface area contributed by atoms with Gasteiger partial charge in [0.05, 0.1) is 5.56 Å². The van der Waals surface area contributed by atoms with Crippen molar-refractivity contribution >= 4 is 5.69 Å². The predicted molar refractivity (Wildman–Crippen MR) is 85.7 cm³/mol. The monoisotopic (exact) mass is 327 g/mol. The maximum absolute atomic E-state index is 13.1. The maximum atomic E-state index is 13.1. The molecule has 0 amide bonds. The number of likely N-dealkylation sites (N-methyl/N-ethyl adjacent to an activating group) is 1. The van der Waals surface area contributed by atoms with E-state index in [2.05, 4.69) is 21.7 Å². The number of alkyl halides is 3. The smallest absolute Gasteiger partial charge is 0.369 e. The summed E-state index contributed by atoms with van der Waals surface area (Å²) in [5.41, 5.74) is 1.24. The summed E-state index contributed by atoms with van der Waals surface area (Å²) in [4.78, 5) is 6.74. The predicted octanol–water partition coefficient (Wildman–Crippen LogP) is 3.05. The Morgan fingerprint density at radius 3 is 2.22 bits per heavy atom. The Balaban J connectivity index is 1.86. The van der Waals surface area contributed by atoms with Crippen LogP contribution in [-0.4, -0.2) is 56.1 Å². The van der Waals surface area contributed by atoms with Crippen LogP contribution in [0.15, 0.2) is 18.2 Å². The van der Waals surface area contributed by atoms with E-state index in [1.807, 2.05) is 0 Å². The van der Waals surface area contributed by atoms with Crippen LogP contribution in [0.3, 0.4) is 0 Å². The average molecular weight is 327 g/mol. The van der Waals surface area contributed by atoms with Crippen molar-refractivity contribution in [2.45, 2.75) is 25.6 Å². The highest BCUT2D eigenvalue weighted by molar-refractivity contribution is 5.56. The van der Waals surface area contributed by atoms with Gasteiger partial charge >= 0.3 is 6.18 Å². The van der Waals surface area contributed by atoms with Gasteiger partial charge in [-0.15, -0.1) is 0 Å². The van der Waals surface area contributed by atoms with Crippen molar-refractivity contribution in [2.24, 2.45) is 0 Å². The summed E-state index contributed by atoms with van der Waals surface area (Å²) < 4.78 is 39.2. The van der Waals surface area contributed by atoms with Crippen molar-refractivity contribution in [1.82, 2.24) is 9.80 Å². The van der Waals surface area contributed by atoms with Crippen molar-refractivity contribution in [3.05, 3.63) is 29.3 Å². The third-order valence-electron chi connectivity index (χ3n) is 4.84. The van der Waals surface area contributed by atoms with Crippen LogP contribution in [0.1, 0.15) is 24.0 Å². The number of piperazine rings is 1. The summed E-state index contributed by atoms with van der Waals surface area (Å²) in [6.07, 6.45) is -1.99. The molecule has 0 aromatic heterocycles. The average Bonchev–Trinajstić information content (AvgIpc) is 3.00. The van der Waals surface area contributed by atoms with Crippen LogP contribution in [0.5, 0.6) is 0 Å². The van der Waals surface area contributed by atoms with Crippen molar-refractivity contribution in [3.8, 4) is 0 Å². The highest BCUT2D eigenvalue weighted by Crippen LogP contribution is 2.34. The minimum atomic E-state index is -4.28. The van der Waals surface area contributed by atoms with Gasteiger partial charge in [-0.3, -0.25) is 4.90 Å². The number of hydrogen-bond donors (Lipinski definition) is 0. The topological polar surface area (TPSA) is 9.72 Å². The molecule has 1 aromatic rings. The number of hydrogen-bond acceptors (Lipinski definition) is 3. The molecule has 128 valence electrons. The normalized spacial score (nSPS) is 21.1. The van der Waals surface area contributed by atoms with Crippen LogP contribution in [-0.2, 0) is 12.7 Å². The fraction of sp³-hybridized carbons (Fsp3) is 0.647. The molecule has 0 radical (unpaired) electrons. The second-order valence-corrected chi connectivity index (χ2v) is 6.61. The highest BCUT2D eigenvalue weighted by atomic mass is 19.4. The quantitative estimate of drug-likeness (QED) is 0.845. The second kappa shape index (κ2) is 6.69. The zero-order valence-corrected chi connectivity index (χ0v) is 13.6. The lowest BCUT2D eigenvalue weighted by molar-refractivity contribution is -0.137. The van der Waals surface area contributed by atoms with E-state index in [9.17, 15) is 13.2 Å². The molecule has 2 aliphatic rings. The fourth-order valence-electron chi connectivity index (χ4n) is 3.43. The minimum absolute atomic E-state index is 0.537. The molecule has 0 N–H and O–H groups in total. The largest absolute Gasteiger partial charge is 0.416 e. The van der Waals surface area contributed by atoms with E-state index >= 15 is 0 Å². The highest BCUT2D eigenvalue weighted by Gasteiger charge is 2.32. The summed E-state index contributed by atoms with van der Waals surface area (Å²) in [5, 5.41) is 0. The van der Waals surface area contributed by atoms with Gasteiger partial charge in [0.2, 0.25) is 0 Å². The second-order valence-electron chi connectivity index (χ2n) is 6.61. The number of nitrogens with zero attached hydrogens (tertiary/aromatic N) is 3. The fourth-order valence-corrected chi connectivity index (χ4v) is 3.43. The van der Waals surface area contributed by atoms with Crippen LogP contribution in [0.2, 0.25) is 0 Å². The molecule has 2 saturated heterocycles. The van der Waals surface area contributed by atoms with Gasteiger partial charge in [0.1, 0.15) is 0 Å². The maximum Gasteiger partial charge on any atom is 0.416 e. The molecule has 2 heterocycles. The van der Waals surface area contributed by atoms with Crippen LogP contribution >= 0.6 is 0 Å². The number of anilines is 1. The Bertz CT molecular complexity index is 530. The van der Waals surface area contributed by atoms with E-state index in [1.165, 1.54) is 12.1 Å². The van der Waals surface area contributed by atoms with Gasteiger partial charge in [-0.25, -0.2) is 0 Å². The number of halogens is 3. The van der Waals surface area contributed by atoms with Gasteiger partial charge in [0.25, 0.3) is 0 Å². The lowest BCUT2D eigenvalue weighted by atomic mass is 10.1. The third kappa shape index (κ3) is 3.98. The molecule has 3 rings (SSSR count). The Kier molecular flexibility index (Phi) is 4.82. The van der Waals surface area contributed by atoms with Crippen molar-refractivity contribution in [2.75, 3.05) is 51.2 Å². The molecule has 0 aliphatic carbocycles. The van der Waals surface area contributed by atoms with Crippen molar-refractivity contribution in [1.29, 1.82) is 0 Å². The lowest BCUT2D eigenvalue weighted by Gasteiger charge is -2.36. The van der Waals surface area contributed by atoms with Gasteiger partial charge in [0.15, 0.2) is 0 Å². The molecule has 6 heteroatoms. The Morgan fingerprint density at radius 2 is 1.61 bits per heavy atom. The molecule has 3 nitrogen and oxygen atoms in total. The molecule has 0 unspecified atom stereocenters. The first-order chi connectivity index (χ1) is 10.9. The zero-order chi connectivity index (χ0) is 16.4. The SMILES string of the molecule is CN1CCN(c2ccc(C(F)(F)F)cc2CN2CCCC2)CC1. The molecule has 2 aliphatic heterocycles. The summed E-state index contributed by atoms with van der Waals surface area (Å²) in [6, 6.07) is 4.24. The van der Waals surface area contributed by atoms with Crippen LogP contribution < -0.4 is 4.90 Å². The third-order valence-corrected chi connectivity index (χ3v) is 4.84. The van der Waals surface area contributed by atoms with E-state index in [0.717, 1.165) is 63.4 Å². The van der Waals surface area contributed by atoms with Gasteiger partial charge < -0.3 is 9.80 Å². The zero-order valence-electron chi connectivity index (χ0n) is 13.6. The Morgan fingerprint density at radius 1 is 0.957 bits per heavy atom. The first kappa shape index (κ1) is 16.6. The standard InChI is InChI=1S/C17H24F3N3/c1-21-8-10-23(11-9-21)16-5-4-15(17(18,19)20)12-14(16)13-22-6-2-3-7-22/h4-5,12H,2-3,6-11,13H2,1H3. The summed E-state index contributed by atoms with van der Waals surface area (Å²) in [6.45, 7) is 6.22. The number of benzene rings is 1. The van der Waals surface area contributed by atoms with Gasteiger partial charge in [-0.2, -0.15) is 13.2 Å². The van der Waals surface area contributed by atoms with Crippen molar-refractivity contribution in [3.63, 3.8) is 0 Å². The molecule has 1 aromatic carbocycles. The van der Waals surface area contributed by atoms with E-state index in [4.69, 9.17) is 0 Å². The van der Waals surface area contributed by atoms with Gasteiger partial charge in [-0.1, -0.05) is 0 Å². The lowest BCUT2D eigenvalue weighted by Crippen LogP contribution is -2.45.